The number of carbonyl (C=O) groups excluding carboxylic acids is 1. The number of thiazole rings is 1. The van der Waals surface area contributed by atoms with Gasteiger partial charge in [0.15, 0.2) is 5.13 Å². The molecule has 118 valence electrons. The number of anilines is 1. The fourth-order valence-corrected chi connectivity index (χ4v) is 3.70. The molecule has 5 nitrogen and oxygen atoms in total. The number of esters is 1. The Balaban J connectivity index is 1.79. The number of hydrogen-bond donors (Lipinski definition) is 0. The Labute approximate surface area is 134 Å². The fourth-order valence-electron chi connectivity index (χ4n) is 2.64. The maximum atomic E-state index is 11.8. The van der Waals surface area contributed by atoms with Crippen molar-refractivity contribution in [3.05, 3.63) is 23.8 Å². The van der Waals surface area contributed by atoms with Crippen LogP contribution in [0.5, 0.6) is 0 Å². The SMILES string of the molecule is CCOC(=O)c1ccc2nc(N3CCN(CC)CC3)sc2c1. The van der Waals surface area contributed by atoms with Crippen molar-refractivity contribution in [2.24, 2.45) is 0 Å². The van der Waals surface area contributed by atoms with Gasteiger partial charge in [0.25, 0.3) is 0 Å². The van der Waals surface area contributed by atoms with E-state index >= 15 is 0 Å². The van der Waals surface area contributed by atoms with Gasteiger partial charge in [0.05, 0.1) is 22.4 Å². The van der Waals surface area contributed by atoms with E-state index in [0.29, 0.717) is 12.2 Å². The van der Waals surface area contributed by atoms with Gasteiger partial charge < -0.3 is 14.5 Å². The number of benzene rings is 1. The summed E-state index contributed by atoms with van der Waals surface area (Å²) >= 11 is 1.65. The average molecular weight is 319 g/mol. The van der Waals surface area contributed by atoms with Crippen molar-refractivity contribution in [3.63, 3.8) is 0 Å². The second kappa shape index (κ2) is 6.62. The number of carbonyl (C=O) groups is 1. The predicted octanol–water partition coefficient (Wildman–Crippen LogP) is 2.61. The predicted molar refractivity (Wildman–Crippen MR) is 89.9 cm³/mol. The number of hydrogen-bond acceptors (Lipinski definition) is 6. The second-order valence-electron chi connectivity index (χ2n) is 5.32. The van der Waals surface area contributed by atoms with Gasteiger partial charge in [-0.1, -0.05) is 18.3 Å². The summed E-state index contributed by atoms with van der Waals surface area (Å²) < 4.78 is 6.09. The minimum atomic E-state index is -0.268. The zero-order valence-electron chi connectivity index (χ0n) is 13.0. The quantitative estimate of drug-likeness (QED) is 0.811. The van der Waals surface area contributed by atoms with E-state index in [1.54, 1.807) is 17.4 Å². The summed E-state index contributed by atoms with van der Waals surface area (Å²) in [6, 6.07) is 5.58. The number of fused-ring (bicyclic) bond motifs is 1. The molecule has 2 heterocycles. The number of nitrogens with zero attached hydrogens (tertiary/aromatic N) is 3. The van der Waals surface area contributed by atoms with Gasteiger partial charge in [-0.2, -0.15) is 0 Å². The maximum absolute atomic E-state index is 11.8. The van der Waals surface area contributed by atoms with Crippen molar-refractivity contribution in [1.29, 1.82) is 0 Å². The lowest BCUT2D eigenvalue weighted by atomic mass is 10.2. The molecule has 0 aliphatic carbocycles. The third-order valence-electron chi connectivity index (χ3n) is 3.98. The molecule has 22 heavy (non-hydrogen) atoms. The van der Waals surface area contributed by atoms with Gasteiger partial charge in [0.2, 0.25) is 0 Å². The van der Waals surface area contributed by atoms with Gasteiger partial charge in [-0.25, -0.2) is 9.78 Å². The van der Waals surface area contributed by atoms with E-state index in [4.69, 9.17) is 9.72 Å². The van der Waals surface area contributed by atoms with Crippen molar-refractivity contribution in [2.75, 3.05) is 44.2 Å². The van der Waals surface area contributed by atoms with Crippen LogP contribution in [0.25, 0.3) is 10.2 Å². The number of aromatic nitrogens is 1. The highest BCUT2D eigenvalue weighted by atomic mass is 32.1. The summed E-state index contributed by atoms with van der Waals surface area (Å²) in [6.45, 7) is 9.71. The molecule has 0 N–H and O–H groups in total. The topological polar surface area (TPSA) is 45.7 Å². The molecule has 0 bridgehead atoms. The normalized spacial score (nSPS) is 16.2. The summed E-state index contributed by atoms with van der Waals surface area (Å²) in [5.74, 6) is -0.268. The Morgan fingerprint density at radius 1 is 1.27 bits per heavy atom. The minimum Gasteiger partial charge on any atom is -0.462 e. The van der Waals surface area contributed by atoms with E-state index in [2.05, 4.69) is 16.7 Å². The van der Waals surface area contributed by atoms with E-state index in [-0.39, 0.29) is 5.97 Å². The Bertz CT molecular complexity index is 662. The molecule has 6 heteroatoms. The van der Waals surface area contributed by atoms with Crippen LogP contribution in [0.3, 0.4) is 0 Å². The first kappa shape index (κ1) is 15.2. The van der Waals surface area contributed by atoms with Crippen LogP contribution < -0.4 is 4.90 Å². The summed E-state index contributed by atoms with van der Waals surface area (Å²) in [6.07, 6.45) is 0. The van der Waals surface area contributed by atoms with Crippen LogP contribution in [-0.4, -0.2) is 55.2 Å². The first-order valence-electron chi connectivity index (χ1n) is 7.76. The molecule has 1 saturated heterocycles. The Kier molecular flexibility index (Phi) is 4.59. The van der Waals surface area contributed by atoms with E-state index in [0.717, 1.165) is 48.1 Å². The Morgan fingerprint density at radius 3 is 2.73 bits per heavy atom. The number of likely N-dealkylation sites (N-methyl/N-ethyl adjacent to an activating group) is 1. The van der Waals surface area contributed by atoms with E-state index < -0.39 is 0 Å². The summed E-state index contributed by atoms with van der Waals surface area (Å²) in [5.41, 5.74) is 1.55. The van der Waals surface area contributed by atoms with Crippen molar-refractivity contribution >= 4 is 32.7 Å². The molecule has 0 atom stereocenters. The molecule has 0 amide bonds. The molecule has 3 rings (SSSR count). The third-order valence-corrected chi connectivity index (χ3v) is 5.06. The standard InChI is InChI=1S/C16H21N3O2S/c1-3-18-7-9-19(10-8-18)16-17-13-6-5-12(11-14(13)22-16)15(20)21-4-2/h5-6,11H,3-4,7-10H2,1-2H3. The highest BCUT2D eigenvalue weighted by Gasteiger charge is 2.19. The summed E-state index contributed by atoms with van der Waals surface area (Å²) in [5, 5.41) is 1.05. The first-order valence-corrected chi connectivity index (χ1v) is 8.58. The molecule has 1 aliphatic rings. The van der Waals surface area contributed by atoms with Crippen LogP contribution in [0.4, 0.5) is 5.13 Å². The average Bonchev–Trinajstić information content (AvgIpc) is 2.98. The lowest BCUT2D eigenvalue weighted by Gasteiger charge is -2.33. The van der Waals surface area contributed by atoms with Gasteiger partial charge in [-0.3, -0.25) is 0 Å². The largest absolute Gasteiger partial charge is 0.462 e. The van der Waals surface area contributed by atoms with E-state index in [1.807, 2.05) is 19.1 Å². The molecule has 0 saturated carbocycles. The molecule has 2 aromatic rings. The van der Waals surface area contributed by atoms with Crippen LogP contribution in [0.15, 0.2) is 18.2 Å². The van der Waals surface area contributed by atoms with Crippen LogP contribution in [0.1, 0.15) is 24.2 Å². The lowest BCUT2D eigenvalue weighted by Crippen LogP contribution is -2.46. The van der Waals surface area contributed by atoms with Crippen LogP contribution in [0.2, 0.25) is 0 Å². The van der Waals surface area contributed by atoms with Gasteiger partial charge in [-0.15, -0.1) is 0 Å². The van der Waals surface area contributed by atoms with Crippen LogP contribution in [-0.2, 0) is 4.74 Å². The maximum Gasteiger partial charge on any atom is 0.338 e. The zero-order valence-corrected chi connectivity index (χ0v) is 13.9. The monoisotopic (exact) mass is 319 g/mol. The lowest BCUT2D eigenvalue weighted by molar-refractivity contribution is 0.0526. The highest BCUT2D eigenvalue weighted by Crippen LogP contribution is 2.30. The molecular formula is C16H21N3O2S. The molecule has 1 aromatic carbocycles. The van der Waals surface area contributed by atoms with Crippen molar-refractivity contribution in [3.8, 4) is 0 Å². The molecular weight excluding hydrogens is 298 g/mol. The Hall–Kier alpha value is -1.66. The zero-order chi connectivity index (χ0) is 15.5. The Morgan fingerprint density at radius 2 is 2.05 bits per heavy atom. The van der Waals surface area contributed by atoms with E-state index in [1.165, 1.54) is 0 Å². The molecule has 1 fully saturated rings. The molecule has 0 radical (unpaired) electrons. The fraction of sp³-hybridized carbons (Fsp3) is 0.500. The first-order chi connectivity index (χ1) is 10.7. The highest BCUT2D eigenvalue weighted by molar-refractivity contribution is 7.22. The molecule has 0 unspecified atom stereocenters. The van der Waals surface area contributed by atoms with Gasteiger partial charge in [-0.05, 0) is 31.7 Å². The van der Waals surface area contributed by atoms with Gasteiger partial charge >= 0.3 is 5.97 Å². The number of rotatable bonds is 4. The molecule has 1 aliphatic heterocycles. The summed E-state index contributed by atoms with van der Waals surface area (Å²) in [7, 11) is 0. The third kappa shape index (κ3) is 3.08. The van der Waals surface area contributed by atoms with Crippen molar-refractivity contribution in [1.82, 2.24) is 9.88 Å². The van der Waals surface area contributed by atoms with Crippen LogP contribution >= 0.6 is 11.3 Å². The van der Waals surface area contributed by atoms with Gasteiger partial charge in [0.1, 0.15) is 0 Å². The number of piperazine rings is 1. The van der Waals surface area contributed by atoms with Crippen LogP contribution in [0, 0.1) is 0 Å². The van der Waals surface area contributed by atoms with Crippen molar-refractivity contribution in [2.45, 2.75) is 13.8 Å². The number of ether oxygens (including phenoxy) is 1. The second-order valence-corrected chi connectivity index (χ2v) is 6.33. The van der Waals surface area contributed by atoms with E-state index in [9.17, 15) is 4.79 Å². The molecule has 1 aromatic heterocycles. The summed E-state index contributed by atoms with van der Waals surface area (Å²) in [4.78, 5) is 21.3. The van der Waals surface area contributed by atoms with Crippen molar-refractivity contribution < 1.29 is 9.53 Å². The van der Waals surface area contributed by atoms with Gasteiger partial charge in [0, 0.05) is 26.2 Å². The smallest absolute Gasteiger partial charge is 0.338 e. The minimum absolute atomic E-state index is 0.268. The molecule has 0 spiro atoms.